The summed E-state index contributed by atoms with van der Waals surface area (Å²) in [5.41, 5.74) is 3.36. The predicted molar refractivity (Wildman–Crippen MR) is 92.4 cm³/mol. The first-order valence-corrected chi connectivity index (χ1v) is 8.77. The Morgan fingerprint density at radius 2 is 2.17 bits per heavy atom. The van der Waals surface area contributed by atoms with Crippen molar-refractivity contribution in [3.05, 3.63) is 42.1 Å². The number of aromatic amines is 1. The number of hydrogen-bond donors (Lipinski definition) is 2. The van der Waals surface area contributed by atoms with Crippen LogP contribution < -0.4 is 0 Å². The molecule has 0 amide bonds. The molecule has 1 aliphatic carbocycles. The second-order valence-corrected chi connectivity index (χ2v) is 7.07. The Labute approximate surface area is 142 Å². The highest BCUT2D eigenvalue weighted by atomic mass is 16.5. The molecular weight excluding hydrogens is 302 g/mol. The van der Waals surface area contributed by atoms with Crippen molar-refractivity contribution in [3.63, 3.8) is 0 Å². The molecule has 0 bridgehead atoms. The highest BCUT2D eigenvalue weighted by molar-refractivity contribution is 5.62. The first kappa shape index (κ1) is 15.8. The van der Waals surface area contributed by atoms with E-state index in [4.69, 9.17) is 4.74 Å². The summed E-state index contributed by atoms with van der Waals surface area (Å²) >= 11 is 0. The van der Waals surface area contributed by atoms with Crippen molar-refractivity contribution >= 4 is 0 Å². The fourth-order valence-corrected chi connectivity index (χ4v) is 4.46. The third-order valence-corrected chi connectivity index (χ3v) is 5.83. The van der Waals surface area contributed by atoms with Gasteiger partial charge in [0.15, 0.2) is 0 Å². The van der Waals surface area contributed by atoms with E-state index in [-0.39, 0.29) is 17.7 Å². The van der Waals surface area contributed by atoms with Crippen LogP contribution in [0.4, 0.5) is 0 Å². The summed E-state index contributed by atoms with van der Waals surface area (Å²) in [6.07, 6.45) is 5.35. The topological polar surface area (TPSA) is 61.4 Å². The average molecular weight is 327 g/mol. The molecule has 0 radical (unpaired) electrons. The van der Waals surface area contributed by atoms with Gasteiger partial charge in [0.25, 0.3) is 0 Å². The fourth-order valence-electron chi connectivity index (χ4n) is 4.46. The molecule has 4 rings (SSSR count). The van der Waals surface area contributed by atoms with Gasteiger partial charge in [0.05, 0.1) is 23.6 Å². The maximum absolute atomic E-state index is 10.1. The largest absolute Gasteiger partial charge is 0.393 e. The van der Waals surface area contributed by atoms with Gasteiger partial charge in [-0.3, -0.25) is 10.00 Å². The minimum Gasteiger partial charge on any atom is -0.393 e. The minimum atomic E-state index is -0.211. The van der Waals surface area contributed by atoms with Crippen molar-refractivity contribution in [2.45, 2.75) is 50.0 Å². The van der Waals surface area contributed by atoms with E-state index in [1.54, 1.807) is 0 Å². The molecule has 2 heterocycles. The van der Waals surface area contributed by atoms with E-state index in [1.165, 1.54) is 5.56 Å². The quantitative estimate of drug-likeness (QED) is 0.906. The third-order valence-electron chi connectivity index (χ3n) is 5.83. The molecule has 1 aromatic heterocycles. The van der Waals surface area contributed by atoms with Crippen LogP contribution in [0.5, 0.6) is 0 Å². The van der Waals surface area contributed by atoms with Crippen molar-refractivity contribution in [3.8, 4) is 11.3 Å². The van der Waals surface area contributed by atoms with E-state index >= 15 is 0 Å². The molecule has 128 valence electrons. The summed E-state index contributed by atoms with van der Waals surface area (Å²) in [6, 6.07) is 10.6. The third kappa shape index (κ3) is 2.66. The van der Waals surface area contributed by atoms with Crippen LogP contribution in [0.15, 0.2) is 36.5 Å². The molecule has 24 heavy (non-hydrogen) atoms. The van der Waals surface area contributed by atoms with Gasteiger partial charge in [-0.25, -0.2) is 0 Å². The lowest BCUT2D eigenvalue weighted by molar-refractivity contribution is -0.0879. The zero-order valence-corrected chi connectivity index (χ0v) is 14.1. The summed E-state index contributed by atoms with van der Waals surface area (Å²) in [4.78, 5) is 2.46. The standard InChI is InChI=1S/C19H25N3O2/c1-24-19-8-7-16(23)11-17(19)22(10-9-19)13-15-12-20-21-18(15)14-5-3-2-4-6-14/h2-6,12,16-17,23H,7-11,13H2,1H3,(H,20,21)/t16-,17+,19-/m1/s1. The van der Waals surface area contributed by atoms with Gasteiger partial charge in [-0.15, -0.1) is 0 Å². The van der Waals surface area contributed by atoms with Crippen LogP contribution in [0, 0.1) is 0 Å². The number of likely N-dealkylation sites (tertiary alicyclic amines) is 1. The Morgan fingerprint density at radius 3 is 2.96 bits per heavy atom. The van der Waals surface area contributed by atoms with Crippen LogP contribution in [0.2, 0.25) is 0 Å². The minimum absolute atomic E-state index is 0.0874. The van der Waals surface area contributed by atoms with Gasteiger partial charge in [0.2, 0.25) is 0 Å². The molecule has 0 spiro atoms. The Bertz CT molecular complexity index is 687. The van der Waals surface area contributed by atoms with Crippen LogP contribution in [0.1, 0.15) is 31.2 Å². The zero-order chi connectivity index (χ0) is 16.6. The molecule has 2 aliphatic rings. The number of ether oxygens (including phenoxy) is 1. The lowest BCUT2D eigenvalue weighted by Crippen LogP contribution is -2.51. The highest BCUT2D eigenvalue weighted by Gasteiger charge is 2.50. The molecule has 0 unspecified atom stereocenters. The Balaban J connectivity index is 1.57. The van der Waals surface area contributed by atoms with E-state index in [0.29, 0.717) is 0 Å². The number of fused-ring (bicyclic) bond motifs is 1. The average Bonchev–Trinajstić information content (AvgIpc) is 3.22. The van der Waals surface area contributed by atoms with E-state index < -0.39 is 0 Å². The van der Waals surface area contributed by atoms with Crippen molar-refractivity contribution in [1.82, 2.24) is 15.1 Å². The van der Waals surface area contributed by atoms with Crippen LogP contribution in [-0.2, 0) is 11.3 Å². The Kier molecular flexibility index (Phi) is 4.16. The van der Waals surface area contributed by atoms with Crippen LogP contribution in [-0.4, -0.2) is 51.6 Å². The van der Waals surface area contributed by atoms with Gasteiger partial charge in [0, 0.05) is 31.8 Å². The number of aliphatic hydroxyl groups excluding tert-OH is 1. The number of aliphatic hydroxyl groups is 1. The number of H-pyrrole nitrogens is 1. The molecular formula is C19H25N3O2. The first-order valence-electron chi connectivity index (χ1n) is 8.77. The highest BCUT2D eigenvalue weighted by Crippen LogP contribution is 2.43. The molecule has 5 nitrogen and oxygen atoms in total. The predicted octanol–water partition coefficient (Wildman–Crippen LogP) is 2.58. The lowest BCUT2D eigenvalue weighted by atomic mass is 9.79. The summed E-state index contributed by atoms with van der Waals surface area (Å²) in [5.74, 6) is 0. The van der Waals surface area contributed by atoms with Gasteiger partial charge in [-0.2, -0.15) is 5.10 Å². The van der Waals surface area contributed by atoms with Crippen LogP contribution >= 0.6 is 0 Å². The molecule has 2 aromatic rings. The summed E-state index contributed by atoms with van der Waals surface area (Å²) in [5, 5.41) is 17.5. The van der Waals surface area contributed by atoms with Crippen molar-refractivity contribution in [2.24, 2.45) is 0 Å². The number of benzene rings is 1. The Hall–Kier alpha value is -1.69. The van der Waals surface area contributed by atoms with Crippen molar-refractivity contribution in [2.75, 3.05) is 13.7 Å². The molecule has 1 saturated heterocycles. The van der Waals surface area contributed by atoms with Crippen LogP contribution in [0.25, 0.3) is 11.3 Å². The van der Waals surface area contributed by atoms with Crippen molar-refractivity contribution < 1.29 is 9.84 Å². The fraction of sp³-hybridized carbons (Fsp3) is 0.526. The molecule has 5 heteroatoms. The molecule has 3 atom stereocenters. The zero-order valence-electron chi connectivity index (χ0n) is 14.1. The summed E-state index contributed by atoms with van der Waals surface area (Å²) in [7, 11) is 1.82. The first-order chi connectivity index (χ1) is 11.7. The SMILES string of the molecule is CO[C@@]12CC[C@@H](O)C[C@@H]1N(Cc1cn[nH]c1-c1ccccc1)CC2. The number of nitrogens with zero attached hydrogens (tertiary/aromatic N) is 2. The van der Waals surface area contributed by atoms with Gasteiger partial charge in [-0.05, 0) is 31.2 Å². The molecule has 2 N–H and O–H groups in total. The molecule has 1 aromatic carbocycles. The second-order valence-electron chi connectivity index (χ2n) is 7.07. The second kappa shape index (κ2) is 6.31. The lowest BCUT2D eigenvalue weighted by Gasteiger charge is -2.42. The van der Waals surface area contributed by atoms with Gasteiger partial charge in [0.1, 0.15) is 0 Å². The Morgan fingerprint density at radius 1 is 1.33 bits per heavy atom. The molecule has 1 saturated carbocycles. The molecule has 1 aliphatic heterocycles. The maximum atomic E-state index is 10.1. The van der Waals surface area contributed by atoms with Gasteiger partial charge in [-0.1, -0.05) is 30.3 Å². The van der Waals surface area contributed by atoms with Crippen molar-refractivity contribution in [1.29, 1.82) is 0 Å². The number of aromatic nitrogens is 2. The number of nitrogens with one attached hydrogen (secondary N) is 1. The monoisotopic (exact) mass is 327 g/mol. The number of rotatable bonds is 4. The van der Waals surface area contributed by atoms with E-state index in [9.17, 15) is 5.11 Å². The number of hydrogen-bond acceptors (Lipinski definition) is 4. The van der Waals surface area contributed by atoms with Crippen LogP contribution in [0.3, 0.4) is 0 Å². The normalized spacial score (nSPS) is 30.4. The molecule has 2 fully saturated rings. The summed E-state index contributed by atoms with van der Waals surface area (Å²) in [6.45, 7) is 1.84. The smallest absolute Gasteiger partial charge is 0.0847 e. The van der Waals surface area contributed by atoms with Gasteiger partial charge < -0.3 is 9.84 Å². The maximum Gasteiger partial charge on any atom is 0.0847 e. The van der Waals surface area contributed by atoms with E-state index in [0.717, 1.165) is 50.0 Å². The summed E-state index contributed by atoms with van der Waals surface area (Å²) < 4.78 is 5.94. The number of methoxy groups -OCH3 is 1. The van der Waals surface area contributed by atoms with E-state index in [1.807, 2.05) is 31.5 Å². The van der Waals surface area contributed by atoms with Gasteiger partial charge >= 0.3 is 0 Å². The van der Waals surface area contributed by atoms with E-state index in [2.05, 4.69) is 27.2 Å².